The van der Waals surface area contributed by atoms with Crippen molar-refractivity contribution in [1.82, 2.24) is 20.4 Å². The number of ether oxygens (including phenoxy) is 1. The summed E-state index contributed by atoms with van der Waals surface area (Å²) in [6.07, 6.45) is -4.74. The predicted molar refractivity (Wildman–Crippen MR) is 135 cm³/mol. The van der Waals surface area contributed by atoms with E-state index in [-0.39, 0.29) is 42.1 Å². The first-order valence-electron chi connectivity index (χ1n) is 12.1. The number of alkyl halides is 3. The number of hydrogen-bond acceptors (Lipinski definition) is 6. The van der Waals surface area contributed by atoms with Crippen LogP contribution in [0.4, 0.5) is 13.2 Å². The van der Waals surface area contributed by atoms with Crippen LogP contribution in [0.2, 0.25) is 0 Å². The first kappa shape index (κ1) is 26.1. The van der Waals surface area contributed by atoms with Crippen LogP contribution in [0.3, 0.4) is 0 Å². The summed E-state index contributed by atoms with van der Waals surface area (Å²) in [6, 6.07) is 22.5. The van der Waals surface area contributed by atoms with Crippen LogP contribution in [0.5, 0.6) is 0 Å². The fourth-order valence-electron chi connectivity index (χ4n) is 4.26. The normalized spacial score (nSPS) is 15.7. The van der Waals surface area contributed by atoms with E-state index in [4.69, 9.17) is 4.74 Å². The molecule has 3 aromatic carbocycles. The van der Waals surface area contributed by atoms with E-state index in [2.05, 4.69) is 20.0 Å². The van der Waals surface area contributed by atoms with E-state index in [9.17, 15) is 22.8 Å². The van der Waals surface area contributed by atoms with Gasteiger partial charge in [-0.2, -0.15) is 18.2 Å². The molecule has 1 saturated heterocycles. The number of benzene rings is 3. The van der Waals surface area contributed by atoms with Gasteiger partial charge in [0, 0.05) is 29.8 Å². The Morgan fingerprint density at radius 3 is 2.38 bits per heavy atom. The maximum atomic E-state index is 13.4. The second kappa shape index (κ2) is 11.1. The molecule has 0 spiro atoms. The minimum Gasteiger partial charge on any atom is -0.377 e. The van der Waals surface area contributed by atoms with Crippen molar-refractivity contribution in [1.29, 1.82) is 0 Å². The Hall–Kier alpha value is -4.51. The number of hydrogen-bond donors (Lipinski definition) is 1. The Balaban J connectivity index is 1.23. The Kier molecular flexibility index (Phi) is 7.42. The Bertz CT molecular complexity index is 1460. The van der Waals surface area contributed by atoms with E-state index >= 15 is 0 Å². The zero-order valence-electron chi connectivity index (χ0n) is 20.5. The highest BCUT2D eigenvalue weighted by Crippen LogP contribution is 2.29. The topological polar surface area (TPSA) is 97.6 Å². The molecule has 1 unspecified atom stereocenters. The lowest BCUT2D eigenvalue weighted by molar-refractivity contribution is -0.159. The van der Waals surface area contributed by atoms with Crippen molar-refractivity contribution >= 4 is 11.8 Å². The van der Waals surface area contributed by atoms with Gasteiger partial charge in [0.25, 0.3) is 11.8 Å². The summed E-state index contributed by atoms with van der Waals surface area (Å²) in [4.78, 5) is 31.2. The molecule has 200 valence electrons. The van der Waals surface area contributed by atoms with Crippen LogP contribution in [0.25, 0.3) is 22.5 Å². The number of morpholine rings is 1. The molecule has 2 heterocycles. The van der Waals surface area contributed by atoms with Gasteiger partial charge in [-0.3, -0.25) is 9.59 Å². The molecular formula is C28H23F3N4O4. The zero-order valence-corrected chi connectivity index (χ0v) is 20.5. The third kappa shape index (κ3) is 5.99. The summed E-state index contributed by atoms with van der Waals surface area (Å²) in [7, 11) is 0. The van der Waals surface area contributed by atoms with Gasteiger partial charge in [0.2, 0.25) is 5.82 Å². The number of halogens is 3. The van der Waals surface area contributed by atoms with Crippen LogP contribution in [0.1, 0.15) is 26.6 Å². The maximum absolute atomic E-state index is 13.4. The maximum Gasteiger partial charge on any atom is 0.471 e. The molecule has 8 nitrogen and oxygen atoms in total. The van der Waals surface area contributed by atoms with E-state index in [0.717, 1.165) is 11.1 Å². The number of carbonyl (C=O) groups excluding carboxylic acids is 2. The fourth-order valence-corrected chi connectivity index (χ4v) is 4.26. The molecule has 39 heavy (non-hydrogen) atoms. The number of amides is 2. The molecule has 0 saturated carbocycles. The number of aromatic nitrogens is 2. The number of nitrogens with zero attached hydrogens (tertiary/aromatic N) is 3. The van der Waals surface area contributed by atoms with E-state index in [0.29, 0.717) is 18.7 Å². The molecule has 0 aliphatic carbocycles. The van der Waals surface area contributed by atoms with E-state index < -0.39 is 18.0 Å². The molecule has 1 aromatic heterocycles. The molecule has 2 amide bonds. The molecular weight excluding hydrogens is 513 g/mol. The Labute approximate surface area is 221 Å². The molecule has 1 aliphatic rings. The van der Waals surface area contributed by atoms with Gasteiger partial charge in [0.05, 0.1) is 19.3 Å². The highest BCUT2D eigenvalue weighted by atomic mass is 19.4. The fraction of sp³-hybridized carbons (Fsp3) is 0.214. The summed E-state index contributed by atoms with van der Waals surface area (Å²) >= 11 is 0. The van der Waals surface area contributed by atoms with Crippen LogP contribution in [-0.4, -0.2) is 59.2 Å². The second-order valence-electron chi connectivity index (χ2n) is 8.88. The quantitative estimate of drug-likeness (QED) is 0.384. The van der Waals surface area contributed by atoms with Crippen molar-refractivity contribution in [2.45, 2.75) is 12.2 Å². The molecule has 4 aromatic rings. The Morgan fingerprint density at radius 1 is 0.923 bits per heavy atom. The average molecular weight is 537 g/mol. The van der Waals surface area contributed by atoms with Crippen LogP contribution >= 0.6 is 0 Å². The van der Waals surface area contributed by atoms with Crippen molar-refractivity contribution in [3.05, 3.63) is 95.9 Å². The first-order chi connectivity index (χ1) is 18.8. The van der Waals surface area contributed by atoms with E-state index in [1.54, 1.807) is 11.0 Å². The standard InChI is InChI=1S/C28H23F3N4O4/c29-28(30,31)27-33-24(34-39-27)19-9-11-20(12-10-19)25(36)32-16-23-17-38-14-13-35(23)26(37)22-8-4-7-21(15-22)18-5-2-1-3-6-18/h1-12,15,23H,13-14,16-17H2,(H,32,36). The van der Waals surface area contributed by atoms with Gasteiger partial charge in [-0.1, -0.05) is 59.8 Å². The van der Waals surface area contributed by atoms with Crippen molar-refractivity contribution < 1.29 is 32.0 Å². The zero-order chi connectivity index (χ0) is 27.4. The first-order valence-corrected chi connectivity index (χ1v) is 12.1. The van der Waals surface area contributed by atoms with Gasteiger partial charge in [-0.15, -0.1) is 0 Å². The van der Waals surface area contributed by atoms with Gasteiger partial charge in [-0.05, 0) is 35.4 Å². The third-order valence-electron chi connectivity index (χ3n) is 6.28. The minimum absolute atomic E-state index is 0.155. The molecule has 1 fully saturated rings. The SMILES string of the molecule is O=C(NCC1COCCN1C(=O)c1cccc(-c2ccccc2)c1)c1ccc(-c2noc(C(F)(F)F)n2)cc1. The molecule has 0 radical (unpaired) electrons. The summed E-state index contributed by atoms with van der Waals surface area (Å²) in [5.41, 5.74) is 3.02. The summed E-state index contributed by atoms with van der Waals surface area (Å²) in [6.45, 7) is 1.20. The summed E-state index contributed by atoms with van der Waals surface area (Å²) in [5, 5.41) is 6.15. The largest absolute Gasteiger partial charge is 0.471 e. The van der Waals surface area contributed by atoms with Crippen molar-refractivity contribution in [3.8, 4) is 22.5 Å². The molecule has 11 heteroatoms. The monoisotopic (exact) mass is 536 g/mol. The van der Waals surface area contributed by atoms with Gasteiger partial charge in [0.1, 0.15) is 0 Å². The average Bonchev–Trinajstić information content (AvgIpc) is 3.48. The molecule has 1 aliphatic heterocycles. The summed E-state index contributed by atoms with van der Waals surface area (Å²) < 4.78 is 47.9. The van der Waals surface area contributed by atoms with Crippen LogP contribution in [-0.2, 0) is 10.9 Å². The second-order valence-corrected chi connectivity index (χ2v) is 8.88. The van der Waals surface area contributed by atoms with Crippen molar-refractivity contribution in [2.24, 2.45) is 0 Å². The van der Waals surface area contributed by atoms with Gasteiger partial charge >= 0.3 is 12.1 Å². The summed E-state index contributed by atoms with van der Waals surface area (Å²) in [5.74, 6) is -2.24. The lowest BCUT2D eigenvalue weighted by Crippen LogP contribution is -2.53. The predicted octanol–water partition coefficient (Wildman–Crippen LogP) is 4.69. The highest BCUT2D eigenvalue weighted by molar-refractivity contribution is 5.96. The smallest absolute Gasteiger partial charge is 0.377 e. The van der Waals surface area contributed by atoms with Gasteiger partial charge in [-0.25, -0.2) is 0 Å². The van der Waals surface area contributed by atoms with Crippen molar-refractivity contribution in [3.63, 3.8) is 0 Å². The lowest BCUT2D eigenvalue weighted by Gasteiger charge is -2.35. The Morgan fingerprint density at radius 2 is 1.67 bits per heavy atom. The van der Waals surface area contributed by atoms with Crippen LogP contribution in [0, 0.1) is 0 Å². The van der Waals surface area contributed by atoms with E-state index in [1.807, 2.05) is 48.5 Å². The van der Waals surface area contributed by atoms with Crippen LogP contribution in [0.15, 0.2) is 83.4 Å². The molecule has 0 bridgehead atoms. The lowest BCUT2D eigenvalue weighted by atomic mass is 10.0. The molecule has 1 atom stereocenters. The molecule has 1 N–H and O–H groups in total. The van der Waals surface area contributed by atoms with Gasteiger partial charge < -0.3 is 19.5 Å². The number of nitrogens with one attached hydrogen (secondary N) is 1. The van der Waals surface area contributed by atoms with E-state index in [1.165, 1.54) is 24.3 Å². The van der Waals surface area contributed by atoms with Crippen molar-refractivity contribution in [2.75, 3.05) is 26.3 Å². The highest BCUT2D eigenvalue weighted by Gasteiger charge is 2.38. The number of carbonyl (C=O) groups is 2. The minimum atomic E-state index is -4.74. The third-order valence-corrected chi connectivity index (χ3v) is 6.28. The molecule has 5 rings (SSSR count). The number of rotatable bonds is 6. The van der Waals surface area contributed by atoms with Crippen LogP contribution < -0.4 is 5.32 Å². The van der Waals surface area contributed by atoms with Gasteiger partial charge in [0.15, 0.2) is 0 Å².